The molecule has 0 aromatic heterocycles. The van der Waals surface area contributed by atoms with Crippen LogP contribution in [0.25, 0.3) is 0 Å². The van der Waals surface area contributed by atoms with Gasteiger partial charge in [-0.1, -0.05) is 38.8 Å². The molecule has 4 N–H and O–H groups in total. The molecule has 0 amide bonds. The second-order valence-electron chi connectivity index (χ2n) is 11.8. The first-order valence-electron chi connectivity index (χ1n) is 13.2. The number of hydrogen-bond acceptors (Lipinski definition) is 7. The second-order valence-corrected chi connectivity index (χ2v) is 11.8. The minimum atomic E-state index is -1.64. The fourth-order valence-corrected chi connectivity index (χ4v) is 8.14. The molecule has 0 aromatic carbocycles. The maximum absolute atomic E-state index is 13.3. The standard InChI is InChI=1S/C28H41NO6.ClH/c1-17-13-19-20-9-11-28(34,23(32)16-35-24(33)7-5-4-6-12-29)27(20,3)15-22(31)25(19)26(2)10-8-18(30)14-21(17)26;/h8,10,14,17,19-20,22,25,31,34H,4-7,9,11-13,15-16,29H2,1-3H3;1H/t17-,19-,20-,22-,25+,26-,27-,28-;/m0./s1. The summed E-state index contributed by atoms with van der Waals surface area (Å²) in [5, 5.41) is 23.2. The van der Waals surface area contributed by atoms with Gasteiger partial charge >= 0.3 is 5.97 Å². The topological polar surface area (TPSA) is 127 Å². The number of carbonyl (C=O) groups is 3. The van der Waals surface area contributed by atoms with Gasteiger partial charge in [-0.05, 0) is 75.0 Å². The van der Waals surface area contributed by atoms with E-state index in [2.05, 4.69) is 13.8 Å². The van der Waals surface area contributed by atoms with Crippen molar-refractivity contribution in [2.24, 2.45) is 40.2 Å². The van der Waals surface area contributed by atoms with E-state index in [9.17, 15) is 24.6 Å². The molecule has 0 heterocycles. The molecule has 36 heavy (non-hydrogen) atoms. The first-order valence-corrected chi connectivity index (χ1v) is 13.2. The molecule has 0 aromatic rings. The number of fused-ring (bicyclic) bond motifs is 5. The lowest BCUT2D eigenvalue weighted by Crippen LogP contribution is -2.62. The Labute approximate surface area is 220 Å². The van der Waals surface area contributed by atoms with Crippen LogP contribution in [0.3, 0.4) is 0 Å². The van der Waals surface area contributed by atoms with E-state index in [-0.39, 0.29) is 48.3 Å². The van der Waals surface area contributed by atoms with Crippen LogP contribution in [-0.4, -0.2) is 52.6 Å². The number of ether oxygens (including phenoxy) is 1. The van der Waals surface area contributed by atoms with E-state index < -0.39 is 40.9 Å². The molecule has 4 aliphatic carbocycles. The van der Waals surface area contributed by atoms with Crippen molar-refractivity contribution in [2.45, 2.75) is 83.8 Å². The predicted octanol–water partition coefficient (Wildman–Crippen LogP) is 3.30. The second kappa shape index (κ2) is 10.7. The summed E-state index contributed by atoms with van der Waals surface area (Å²) in [7, 11) is 0. The van der Waals surface area contributed by atoms with Crippen LogP contribution in [0.2, 0.25) is 0 Å². The summed E-state index contributed by atoms with van der Waals surface area (Å²) in [6.45, 7) is 6.31. The van der Waals surface area contributed by atoms with Gasteiger partial charge in [0.15, 0.2) is 12.4 Å². The number of esters is 1. The third kappa shape index (κ3) is 4.61. The maximum Gasteiger partial charge on any atom is 0.306 e. The van der Waals surface area contributed by atoms with E-state index in [0.29, 0.717) is 32.2 Å². The Hall–Kier alpha value is -1.54. The van der Waals surface area contributed by atoms with Crippen LogP contribution < -0.4 is 5.73 Å². The molecule has 0 unspecified atom stereocenters. The van der Waals surface area contributed by atoms with Crippen molar-refractivity contribution < 1.29 is 29.3 Å². The quantitative estimate of drug-likeness (QED) is 0.329. The van der Waals surface area contributed by atoms with Crippen molar-refractivity contribution in [1.82, 2.24) is 0 Å². The average molecular weight is 524 g/mol. The monoisotopic (exact) mass is 523 g/mol. The van der Waals surface area contributed by atoms with Crippen molar-refractivity contribution in [3.63, 3.8) is 0 Å². The van der Waals surface area contributed by atoms with Gasteiger partial charge < -0.3 is 20.7 Å². The van der Waals surface area contributed by atoms with Crippen molar-refractivity contribution >= 4 is 29.9 Å². The molecule has 8 atom stereocenters. The molecule has 8 heteroatoms. The summed E-state index contributed by atoms with van der Waals surface area (Å²) < 4.78 is 5.24. The van der Waals surface area contributed by atoms with Gasteiger partial charge in [-0.25, -0.2) is 0 Å². The number of halogens is 1. The highest BCUT2D eigenvalue weighted by molar-refractivity contribution is 6.01. The van der Waals surface area contributed by atoms with Crippen molar-refractivity contribution in [1.29, 1.82) is 0 Å². The number of unbranched alkanes of at least 4 members (excludes halogenated alkanes) is 2. The Morgan fingerprint density at radius 3 is 2.64 bits per heavy atom. The summed E-state index contributed by atoms with van der Waals surface area (Å²) in [5.74, 6) is -0.635. The van der Waals surface area contributed by atoms with Gasteiger partial charge in [0.1, 0.15) is 5.60 Å². The zero-order valence-electron chi connectivity index (χ0n) is 21.7. The zero-order chi connectivity index (χ0) is 25.6. The Bertz CT molecular complexity index is 948. The van der Waals surface area contributed by atoms with Crippen LogP contribution in [0.4, 0.5) is 0 Å². The number of Topliss-reactive ketones (excluding diaryl/α,β-unsaturated/α-hetero) is 1. The van der Waals surface area contributed by atoms with Gasteiger partial charge in [0.05, 0.1) is 6.10 Å². The number of rotatable bonds is 8. The Morgan fingerprint density at radius 2 is 1.94 bits per heavy atom. The fourth-order valence-electron chi connectivity index (χ4n) is 8.14. The van der Waals surface area contributed by atoms with E-state index in [1.54, 1.807) is 12.2 Å². The number of aliphatic hydroxyl groups excluding tert-OH is 1. The van der Waals surface area contributed by atoms with Crippen LogP contribution in [0, 0.1) is 34.5 Å². The minimum absolute atomic E-state index is 0. The zero-order valence-corrected chi connectivity index (χ0v) is 22.5. The molecule has 0 spiro atoms. The largest absolute Gasteiger partial charge is 0.458 e. The summed E-state index contributed by atoms with van der Waals surface area (Å²) in [5.41, 5.74) is 3.70. The normalized spacial score (nSPS) is 40.9. The summed E-state index contributed by atoms with van der Waals surface area (Å²) in [4.78, 5) is 37.5. The fraction of sp³-hybridized carbons (Fsp3) is 0.750. The lowest BCUT2D eigenvalue weighted by Gasteiger charge is -2.60. The van der Waals surface area contributed by atoms with Crippen molar-refractivity contribution in [3.8, 4) is 0 Å². The first kappa shape index (κ1) is 29.0. The lowest BCUT2D eigenvalue weighted by molar-refractivity contribution is -0.182. The molecule has 4 rings (SSSR count). The molecular formula is C28H42ClNO6. The summed E-state index contributed by atoms with van der Waals surface area (Å²) in [6.07, 6.45) is 9.26. The highest BCUT2D eigenvalue weighted by Crippen LogP contribution is 2.67. The number of aliphatic hydroxyl groups is 2. The van der Waals surface area contributed by atoms with E-state index in [1.165, 1.54) is 0 Å². The molecule has 202 valence electrons. The minimum Gasteiger partial charge on any atom is -0.458 e. The Kier molecular flexibility index (Phi) is 8.61. The maximum atomic E-state index is 13.3. The molecule has 0 radical (unpaired) electrons. The smallest absolute Gasteiger partial charge is 0.306 e. The Balaban J connectivity index is 0.00000361. The van der Waals surface area contributed by atoms with E-state index >= 15 is 0 Å². The molecule has 0 saturated heterocycles. The SMILES string of the molecule is C[C@H]1C[C@@H]2[C@H]([C@@H](O)C[C@@]3(C)[C@H]2CC[C@]3(O)C(=O)COC(=O)CCCCCN)[C@@]2(C)C=CC(=O)C=C12.Cl. The number of ketones is 2. The van der Waals surface area contributed by atoms with Gasteiger partial charge in [-0.2, -0.15) is 0 Å². The van der Waals surface area contributed by atoms with Crippen LogP contribution in [-0.2, 0) is 19.1 Å². The molecule has 4 aliphatic rings. The third-order valence-corrected chi connectivity index (χ3v) is 9.88. The number of allylic oxidation sites excluding steroid dienone is 4. The molecule has 3 fully saturated rings. The lowest BCUT2D eigenvalue weighted by atomic mass is 9.45. The molecule has 3 saturated carbocycles. The molecular weight excluding hydrogens is 482 g/mol. The molecule has 7 nitrogen and oxygen atoms in total. The van der Waals surface area contributed by atoms with Crippen molar-refractivity contribution in [2.75, 3.05) is 13.2 Å². The molecule has 0 bridgehead atoms. The van der Waals surface area contributed by atoms with Crippen LogP contribution >= 0.6 is 12.4 Å². The number of carbonyl (C=O) groups excluding carboxylic acids is 3. The van der Waals surface area contributed by atoms with Crippen LogP contribution in [0.1, 0.15) is 72.1 Å². The summed E-state index contributed by atoms with van der Waals surface area (Å²) >= 11 is 0. The van der Waals surface area contributed by atoms with E-state index in [0.717, 1.165) is 24.8 Å². The third-order valence-electron chi connectivity index (χ3n) is 9.88. The highest BCUT2D eigenvalue weighted by Gasteiger charge is 2.68. The van der Waals surface area contributed by atoms with Gasteiger partial charge in [0.2, 0.25) is 5.78 Å². The van der Waals surface area contributed by atoms with E-state index in [4.69, 9.17) is 10.5 Å². The highest BCUT2D eigenvalue weighted by atomic mass is 35.5. The molecule has 0 aliphatic heterocycles. The Morgan fingerprint density at radius 1 is 1.22 bits per heavy atom. The van der Waals surface area contributed by atoms with Gasteiger partial charge in [-0.3, -0.25) is 14.4 Å². The number of hydrogen-bond donors (Lipinski definition) is 3. The van der Waals surface area contributed by atoms with Gasteiger partial charge in [0, 0.05) is 23.2 Å². The predicted molar refractivity (Wildman–Crippen MR) is 138 cm³/mol. The first-order chi connectivity index (χ1) is 16.5. The van der Waals surface area contributed by atoms with Crippen LogP contribution in [0.5, 0.6) is 0 Å². The van der Waals surface area contributed by atoms with E-state index in [1.807, 2.05) is 13.0 Å². The van der Waals surface area contributed by atoms with Crippen LogP contribution in [0.15, 0.2) is 23.8 Å². The number of nitrogens with two attached hydrogens (primary N) is 1. The average Bonchev–Trinajstić information content (AvgIpc) is 3.07. The van der Waals surface area contributed by atoms with Gasteiger partial charge in [0.25, 0.3) is 0 Å². The van der Waals surface area contributed by atoms with Gasteiger partial charge in [-0.15, -0.1) is 12.4 Å². The van der Waals surface area contributed by atoms with Crippen molar-refractivity contribution in [3.05, 3.63) is 23.8 Å². The summed E-state index contributed by atoms with van der Waals surface area (Å²) in [6, 6.07) is 0.